The lowest BCUT2D eigenvalue weighted by atomic mass is 9.81. The van der Waals surface area contributed by atoms with Crippen molar-refractivity contribution < 1.29 is 23.7 Å². The van der Waals surface area contributed by atoms with Crippen LogP contribution in [0.4, 0.5) is 0 Å². The Labute approximate surface area is 372 Å². The van der Waals surface area contributed by atoms with Gasteiger partial charge >= 0.3 is 0 Å². The molecule has 5 heteroatoms. The third-order valence-electron chi connectivity index (χ3n) is 13.0. The summed E-state index contributed by atoms with van der Waals surface area (Å²) in [7, 11) is 0. The molecule has 0 amide bonds. The highest BCUT2D eigenvalue weighted by Gasteiger charge is 2.25. The van der Waals surface area contributed by atoms with Gasteiger partial charge in [-0.05, 0) is 84.9 Å². The molecule has 59 heavy (non-hydrogen) atoms. The number of ether oxygens (including phenoxy) is 5. The predicted molar refractivity (Wildman–Crippen MR) is 267 cm³/mol. The summed E-state index contributed by atoms with van der Waals surface area (Å²) in [5.74, 6) is 4.17. The van der Waals surface area contributed by atoms with Crippen LogP contribution < -0.4 is 0 Å². The fraction of sp³-hybridized carbons (Fsp3) is 0.815. The molecule has 5 nitrogen and oxygen atoms in total. The van der Waals surface area contributed by atoms with Crippen molar-refractivity contribution in [2.24, 2.45) is 46.3 Å². The van der Waals surface area contributed by atoms with Crippen LogP contribution in [0.2, 0.25) is 0 Å². The van der Waals surface area contributed by atoms with Crippen molar-refractivity contribution in [2.75, 3.05) is 59.5 Å². The molecule has 0 radical (unpaired) electrons. The van der Waals surface area contributed by atoms with E-state index in [-0.39, 0.29) is 0 Å². The Morgan fingerprint density at radius 1 is 0.390 bits per heavy atom. The minimum atomic E-state index is 0.396. The molecule has 0 N–H and O–H groups in total. The Bertz CT molecular complexity index is 835. The minimum absolute atomic E-state index is 0.396. The van der Waals surface area contributed by atoms with Gasteiger partial charge in [0.2, 0.25) is 0 Å². The first kappa shape index (κ1) is 66.6. The van der Waals surface area contributed by atoms with E-state index >= 15 is 0 Å². The van der Waals surface area contributed by atoms with Gasteiger partial charge in [0.1, 0.15) is 0 Å². The molecule has 0 aromatic heterocycles. The monoisotopic (exact) mass is 837 g/mol. The van der Waals surface area contributed by atoms with Gasteiger partial charge in [-0.25, -0.2) is 0 Å². The van der Waals surface area contributed by atoms with Crippen LogP contribution in [0.1, 0.15) is 175 Å². The molecule has 6 unspecified atom stereocenters. The third kappa shape index (κ3) is 37.9. The van der Waals surface area contributed by atoms with Crippen LogP contribution in [0.15, 0.2) is 63.3 Å². The van der Waals surface area contributed by atoms with Crippen molar-refractivity contribution >= 4 is 0 Å². The molecule has 0 spiro atoms. The maximum atomic E-state index is 5.78. The van der Waals surface area contributed by atoms with E-state index in [1.807, 2.05) is 18.2 Å². The molecule has 0 saturated heterocycles. The van der Waals surface area contributed by atoms with Gasteiger partial charge in [-0.15, -0.1) is 32.9 Å². The van der Waals surface area contributed by atoms with E-state index in [2.05, 4.69) is 144 Å². The maximum Gasteiger partial charge on any atom is 0.0648 e. The van der Waals surface area contributed by atoms with Crippen molar-refractivity contribution in [2.45, 2.75) is 181 Å². The zero-order chi connectivity index (χ0) is 46.5. The summed E-state index contributed by atoms with van der Waals surface area (Å²) in [6.07, 6.45) is 21.5. The van der Waals surface area contributed by atoms with E-state index in [1.165, 1.54) is 64.2 Å². The second kappa shape index (κ2) is 47.5. The largest absolute Gasteiger partial charge is 0.377 e. The first-order chi connectivity index (χ1) is 28.1. The van der Waals surface area contributed by atoms with Crippen molar-refractivity contribution in [3.63, 3.8) is 0 Å². The number of hydrogen-bond acceptors (Lipinski definition) is 5. The van der Waals surface area contributed by atoms with Crippen LogP contribution in [0, 0.1) is 46.3 Å². The van der Waals surface area contributed by atoms with Crippen LogP contribution in [-0.2, 0) is 23.7 Å². The average Bonchev–Trinajstić information content (AvgIpc) is 3.27. The number of rotatable bonds is 33. The molecule has 0 aliphatic rings. The van der Waals surface area contributed by atoms with E-state index in [9.17, 15) is 0 Å². The molecule has 354 valence electrons. The maximum absolute atomic E-state index is 5.78. The summed E-state index contributed by atoms with van der Waals surface area (Å²) in [5, 5.41) is 0. The molecule has 0 heterocycles. The van der Waals surface area contributed by atoms with Gasteiger partial charge in [0.05, 0.1) is 52.4 Å². The molecule has 0 aromatic rings. The highest BCUT2D eigenvalue weighted by atomic mass is 16.5. The van der Waals surface area contributed by atoms with E-state index < -0.39 is 0 Å². The van der Waals surface area contributed by atoms with Crippen molar-refractivity contribution in [1.29, 1.82) is 0 Å². The Hall–Kier alpha value is -1.50. The van der Waals surface area contributed by atoms with Gasteiger partial charge in [0.25, 0.3) is 0 Å². The predicted octanol–water partition coefficient (Wildman–Crippen LogP) is 16.2. The molecule has 0 saturated carbocycles. The van der Waals surface area contributed by atoms with Gasteiger partial charge in [0, 0.05) is 13.2 Å². The van der Waals surface area contributed by atoms with E-state index in [0.29, 0.717) is 73.6 Å². The Morgan fingerprint density at radius 2 is 0.712 bits per heavy atom. The lowest BCUT2D eigenvalue weighted by molar-refractivity contribution is -0.00495. The summed E-state index contributed by atoms with van der Waals surface area (Å²) in [5.41, 5.74) is 0.812. The fourth-order valence-corrected chi connectivity index (χ4v) is 6.26. The molecule has 0 aliphatic heterocycles. The van der Waals surface area contributed by atoms with Gasteiger partial charge in [-0.1, -0.05) is 167 Å². The van der Waals surface area contributed by atoms with Crippen LogP contribution in [0.5, 0.6) is 0 Å². The van der Waals surface area contributed by atoms with E-state index in [4.69, 9.17) is 23.7 Å². The lowest BCUT2D eigenvalue weighted by Gasteiger charge is -2.29. The van der Waals surface area contributed by atoms with E-state index in [0.717, 1.165) is 38.3 Å². The highest BCUT2D eigenvalue weighted by molar-refractivity contribution is 4.77. The first-order valence-corrected chi connectivity index (χ1v) is 24.1. The standard InChI is InChI=1S/2C12H24O.2C11H22O.C8H16O/c1-6-8-13-9-11(4)12(5)10(3)7-2;1-6-9-13-12(10(4)7-2)11(5)8-3;2*1-5-9-12-10-11(6-2,7-3)8-4;1-4-6-9-7-8(3)5-2/h2*6,10-12H,1,7-9H2,2-5H3;2*5H,1,6-10H2,2-4H3;4,8H,1,5-7H2,2-3H3. The molecule has 0 aliphatic carbocycles. The highest BCUT2D eigenvalue weighted by Crippen LogP contribution is 2.31. The smallest absolute Gasteiger partial charge is 0.0648 e. The first-order valence-electron chi connectivity index (χ1n) is 24.1. The normalized spacial score (nSPS) is 14.6. The summed E-state index contributed by atoms with van der Waals surface area (Å²) < 4.78 is 27.4. The molecule has 0 fully saturated rings. The Kier molecular flexibility index (Phi) is 53.7. The molecular formula is C54H108O5. The second-order valence-corrected chi connectivity index (χ2v) is 17.0. The summed E-state index contributed by atoms with van der Waals surface area (Å²) >= 11 is 0. The van der Waals surface area contributed by atoms with Gasteiger partial charge in [0.15, 0.2) is 0 Å². The Morgan fingerprint density at radius 3 is 1.00 bits per heavy atom. The van der Waals surface area contributed by atoms with Crippen LogP contribution >= 0.6 is 0 Å². The molecule has 0 aromatic carbocycles. The quantitative estimate of drug-likeness (QED) is 0.0487. The van der Waals surface area contributed by atoms with Crippen molar-refractivity contribution in [3.05, 3.63) is 63.3 Å². The molecule has 6 atom stereocenters. The van der Waals surface area contributed by atoms with Crippen molar-refractivity contribution in [3.8, 4) is 0 Å². The fourth-order valence-electron chi connectivity index (χ4n) is 6.26. The van der Waals surface area contributed by atoms with Crippen LogP contribution in [0.25, 0.3) is 0 Å². The SMILES string of the molecule is C=CCOC(C(C)CC)C(C)CC.C=CCOCC(C)C(C)C(C)CC.C=CCOCC(C)CC.C=CCOCC(CC)(CC)CC.C=CCOCC(CC)(CC)CC. The summed E-state index contributed by atoms with van der Waals surface area (Å²) in [6, 6.07) is 0. The van der Waals surface area contributed by atoms with Gasteiger partial charge in [-0.2, -0.15) is 0 Å². The zero-order valence-corrected chi connectivity index (χ0v) is 42.9. The molecule has 0 rings (SSSR count). The molecule has 0 bridgehead atoms. The average molecular weight is 837 g/mol. The lowest BCUT2D eigenvalue weighted by Crippen LogP contribution is -2.28. The molecular weight excluding hydrogens is 729 g/mol. The second-order valence-electron chi connectivity index (χ2n) is 17.0. The Balaban J connectivity index is -0.000000207. The minimum Gasteiger partial charge on any atom is -0.377 e. The topological polar surface area (TPSA) is 46.2 Å². The zero-order valence-electron chi connectivity index (χ0n) is 42.9. The van der Waals surface area contributed by atoms with Crippen LogP contribution in [0.3, 0.4) is 0 Å². The summed E-state index contributed by atoms with van der Waals surface area (Å²) in [4.78, 5) is 0. The van der Waals surface area contributed by atoms with Crippen LogP contribution in [-0.4, -0.2) is 65.6 Å². The summed E-state index contributed by atoms with van der Waals surface area (Å²) in [6.45, 7) is 60.9. The van der Waals surface area contributed by atoms with Gasteiger partial charge in [-0.3, -0.25) is 0 Å². The number of hydrogen-bond donors (Lipinski definition) is 0. The van der Waals surface area contributed by atoms with E-state index in [1.54, 1.807) is 12.2 Å². The van der Waals surface area contributed by atoms with Gasteiger partial charge < -0.3 is 23.7 Å². The van der Waals surface area contributed by atoms with Crippen molar-refractivity contribution in [1.82, 2.24) is 0 Å². The third-order valence-corrected chi connectivity index (χ3v) is 13.0.